The Morgan fingerprint density at radius 3 is 2.30 bits per heavy atom. The highest BCUT2D eigenvalue weighted by Gasteiger charge is 2.35. The van der Waals surface area contributed by atoms with Crippen molar-refractivity contribution in [3.8, 4) is 0 Å². The molecule has 0 aromatic heterocycles. The van der Waals surface area contributed by atoms with Gasteiger partial charge in [-0.05, 0) is 25.3 Å². The first kappa shape index (κ1) is 14.1. The maximum atomic E-state index is 3.46. The average molecular weight is 273 g/mol. The molecule has 2 aliphatic heterocycles. The number of piperidine rings is 1. The standard InChI is InChI=1S/C17H27N3/c1-17(20-13-9-18-10-14-20)7-11-19(12-8-17)15-16-5-3-2-4-6-16/h2-6,18H,7-15H2,1H3. The molecule has 0 radical (unpaired) electrons. The van der Waals surface area contributed by atoms with Gasteiger partial charge in [0.25, 0.3) is 0 Å². The van der Waals surface area contributed by atoms with Crippen molar-refractivity contribution in [3.63, 3.8) is 0 Å². The molecule has 2 aliphatic rings. The molecule has 0 aliphatic carbocycles. The lowest BCUT2D eigenvalue weighted by Gasteiger charge is -2.48. The highest BCUT2D eigenvalue weighted by molar-refractivity contribution is 5.14. The number of benzene rings is 1. The normalized spacial score (nSPS) is 24.6. The van der Waals surface area contributed by atoms with Crippen LogP contribution in [0.1, 0.15) is 25.3 Å². The first-order chi connectivity index (χ1) is 9.76. The van der Waals surface area contributed by atoms with Gasteiger partial charge in [-0.25, -0.2) is 0 Å². The summed E-state index contributed by atoms with van der Waals surface area (Å²) in [4.78, 5) is 5.32. The molecule has 3 heteroatoms. The molecule has 3 nitrogen and oxygen atoms in total. The van der Waals surface area contributed by atoms with Gasteiger partial charge in [0, 0.05) is 51.4 Å². The predicted molar refractivity (Wildman–Crippen MR) is 83.8 cm³/mol. The molecular formula is C17H27N3. The molecule has 1 N–H and O–H groups in total. The summed E-state index contributed by atoms with van der Waals surface area (Å²) < 4.78 is 0. The summed E-state index contributed by atoms with van der Waals surface area (Å²) in [5.74, 6) is 0. The van der Waals surface area contributed by atoms with E-state index < -0.39 is 0 Å². The number of hydrogen-bond donors (Lipinski definition) is 1. The summed E-state index contributed by atoms with van der Waals surface area (Å²) in [5, 5.41) is 3.46. The zero-order chi connectivity index (χ0) is 13.8. The Bertz CT molecular complexity index is 404. The van der Waals surface area contributed by atoms with Crippen LogP contribution in [0.2, 0.25) is 0 Å². The first-order valence-electron chi connectivity index (χ1n) is 7.98. The van der Waals surface area contributed by atoms with Crippen molar-refractivity contribution >= 4 is 0 Å². The van der Waals surface area contributed by atoms with Crippen LogP contribution in [0.4, 0.5) is 0 Å². The quantitative estimate of drug-likeness (QED) is 0.908. The van der Waals surface area contributed by atoms with Crippen molar-refractivity contribution in [2.24, 2.45) is 0 Å². The summed E-state index contributed by atoms with van der Waals surface area (Å²) >= 11 is 0. The van der Waals surface area contributed by atoms with E-state index in [2.05, 4.69) is 52.4 Å². The highest BCUT2D eigenvalue weighted by atomic mass is 15.3. The first-order valence-corrected chi connectivity index (χ1v) is 7.98. The molecule has 0 spiro atoms. The maximum Gasteiger partial charge on any atom is 0.0233 e. The van der Waals surface area contributed by atoms with E-state index in [1.54, 1.807) is 0 Å². The molecule has 1 aromatic rings. The number of nitrogens with zero attached hydrogens (tertiary/aromatic N) is 2. The second kappa shape index (κ2) is 6.25. The number of nitrogens with one attached hydrogen (secondary N) is 1. The summed E-state index contributed by atoms with van der Waals surface area (Å²) in [6.07, 6.45) is 2.61. The smallest absolute Gasteiger partial charge is 0.0233 e. The molecule has 1 aromatic carbocycles. The van der Waals surface area contributed by atoms with Gasteiger partial charge in [-0.15, -0.1) is 0 Å². The van der Waals surface area contributed by atoms with Gasteiger partial charge < -0.3 is 5.32 Å². The molecule has 0 amide bonds. The lowest BCUT2D eigenvalue weighted by atomic mass is 9.87. The Balaban J connectivity index is 1.53. The Labute approximate surface area is 123 Å². The van der Waals surface area contributed by atoms with Gasteiger partial charge >= 0.3 is 0 Å². The van der Waals surface area contributed by atoms with Crippen molar-refractivity contribution in [1.82, 2.24) is 15.1 Å². The molecular weight excluding hydrogens is 246 g/mol. The van der Waals surface area contributed by atoms with Crippen LogP contribution in [0.15, 0.2) is 30.3 Å². The highest BCUT2D eigenvalue weighted by Crippen LogP contribution is 2.29. The zero-order valence-electron chi connectivity index (χ0n) is 12.6. The van der Waals surface area contributed by atoms with Crippen LogP contribution in [-0.4, -0.2) is 54.6 Å². The third-order valence-corrected chi connectivity index (χ3v) is 5.06. The maximum absolute atomic E-state index is 3.46. The van der Waals surface area contributed by atoms with Crippen LogP contribution in [0.5, 0.6) is 0 Å². The van der Waals surface area contributed by atoms with E-state index in [0.29, 0.717) is 5.54 Å². The fourth-order valence-electron chi connectivity index (χ4n) is 3.56. The Morgan fingerprint density at radius 2 is 1.65 bits per heavy atom. The van der Waals surface area contributed by atoms with Gasteiger partial charge in [0.2, 0.25) is 0 Å². The Morgan fingerprint density at radius 1 is 1.00 bits per heavy atom. The van der Waals surface area contributed by atoms with Crippen LogP contribution in [0.3, 0.4) is 0 Å². The van der Waals surface area contributed by atoms with E-state index in [1.165, 1.54) is 44.6 Å². The second-order valence-corrected chi connectivity index (χ2v) is 6.50. The summed E-state index contributed by atoms with van der Waals surface area (Å²) in [6.45, 7) is 10.8. The molecule has 20 heavy (non-hydrogen) atoms. The fourth-order valence-corrected chi connectivity index (χ4v) is 3.56. The van der Waals surface area contributed by atoms with Crippen LogP contribution < -0.4 is 5.32 Å². The lowest BCUT2D eigenvalue weighted by Crippen LogP contribution is -2.58. The van der Waals surface area contributed by atoms with E-state index in [0.717, 1.165) is 19.6 Å². The molecule has 0 atom stereocenters. The molecule has 0 bridgehead atoms. The summed E-state index contributed by atoms with van der Waals surface area (Å²) in [6, 6.07) is 10.9. The second-order valence-electron chi connectivity index (χ2n) is 6.50. The van der Waals surface area contributed by atoms with E-state index in [-0.39, 0.29) is 0 Å². The van der Waals surface area contributed by atoms with E-state index in [9.17, 15) is 0 Å². The van der Waals surface area contributed by atoms with Gasteiger partial charge in [-0.1, -0.05) is 30.3 Å². The summed E-state index contributed by atoms with van der Waals surface area (Å²) in [7, 11) is 0. The van der Waals surface area contributed by atoms with Gasteiger partial charge in [-0.2, -0.15) is 0 Å². The molecule has 2 saturated heterocycles. The van der Waals surface area contributed by atoms with Crippen molar-refractivity contribution in [1.29, 1.82) is 0 Å². The average Bonchev–Trinajstić information content (AvgIpc) is 2.52. The van der Waals surface area contributed by atoms with Crippen LogP contribution in [0.25, 0.3) is 0 Å². The van der Waals surface area contributed by atoms with Crippen LogP contribution in [0, 0.1) is 0 Å². The molecule has 2 fully saturated rings. The van der Waals surface area contributed by atoms with Crippen molar-refractivity contribution in [2.75, 3.05) is 39.3 Å². The SMILES string of the molecule is CC1(N2CCNCC2)CCN(Cc2ccccc2)CC1. The third-order valence-electron chi connectivity index (χ3n) is 5.06. The van der Waals surface area contributed by atoms with E-state index in [4.69, 9.17) is 0 Å². The van der Waals surface area contributed by atoms with Gasteiger partial charge in [0.1, 0.15) is 0 Å². The minimum absolute atomic E-state index is 0.426. The van der Waals surface area contributed by atoms with Gasteiger partial charge in [0.15, 0.2) is 0 Å². The van der Waals surface area contributed by atoms with Crippen molar-refractivity contribution < 1.29 is 0 Å². The topological polar surface area (TPSA) is 18.5 Å². The van der Waals surface area contributed by atoms with Crippen molar-refractivity contribution in [2.45, 2.75) is 31.8 Å². The minimum Gasteiger partial charge on any atom is -0.314 e. The third kappa shape index (κ3) is 3.22. The van der Waals surface area contributed by atoms with Crippen LogP contribution >= 0.6 is 0 Å². The number of likely N-dealkylation sites (tertiary alicyclic amines) is 1. The number of hydrogen-bond acceptors (Lipinski definition) is 3. The molecule has 2 heterocycles. The van der Waals surface area contributed by atoms with E-state index >= 15 is 0 Å². The summed E-state index contributed by atoms with van der Waals surface area (Å²) in [5.41, 5.74) is 1.87. The number of rotatable bonds is 3. The Kier molecular flexibility index (Phi) is 4.39. The zero-order valence-corrected chi connectivity index (χ0v) is 12.6. The van der Waals surface area contributed by atoms with E-state index in [1.807, 2.05) is 0 Å². The Hall–Kier alpha value is -0.900. The molecule has 3 rings (SSSR count). The molecule has 0 unspecified atom stereocenters. The molecule has 0 saturated carbocycles. The van der Waals surface area contributed by atoms with Crippen LogP contribution in [-0.2, 0) is 6.54 Å². The minimum atomic E-state index is 0.426. The van der Waals surface area contributed by atoms with Gasteiger partial charge in [0.05, 0.1) is 0 Å². The van der Waals surface area contributed by atoms with Gasteiger partial charge in [-0.3, -0.25) is 9.80 Å². The molecule has 110 valence electrons. The van der Waals surface area contributed by atoms with Crippen molar-refractivity contribution in [3.05, 3.63) is 35.9 Å². The fraction of sp³-hybridized carbons (Fsp3) is 0.647. The monoisotopic (exact) mass is 273 g/mol. The lowest BCUT2D eigenvalue weighted by molar-refractivity contribution is 0.0238. The predicted octanol–water partition coefficient (Wildman–Crippen LogP) is 1.95. The largest absolute Gasteiger partial charge is 0.314 e. The number of piperazine rings is 1.